The van der Waals surface area contributed by atoms with E-state index < -0.39 is 0 Å². The molecular formula is C13H13FOS2. The van der Waals surface area contributed by atoms with Crippen molar-refractivity contribution in [3.63, 3.8) is 0 Å². The van der Waals surface area contributed by atoms with Crippen molar-refractivity contribution in [2.45, 2.75) is 9.79 Å². The van der Waals surface area contributed by atoms with Crippen molar-refractivity contribution in [2.75, 3.05) is 7.18 Å². The SMILES string of the molecule is CF.c1ccc(SOSc2ccccc2)cc1. The molecule has 0 saturated heterocycles. The number of hydrogen-bond donors (Lipinski definition) is 0. The van der Waals surface area contributed by atoms with Gasteiger partial charge in [-0.1, -0.05) is 36.4 Å². The Labute approximate surface area is 110 Å². The summed E-state index contributed by atoms with van der Waals surface area (Å²) < 4.78 is 14.9. The lowest BCUT2D eigenvalue weighted by molar-refractivity contribution is 0.636. The predicted octanol–water partition coefficient (Wildman–Crippen LogP) is 5.00. The predicted molar refractivity (Wildman–Crippen MR) is 72.7 cm³/mol. The molecule has 0 heterocycles. The minimum Gasteiger partial charge on any atom is -0.255 e. The van der Waals surface area contributed by atoms with Crippen LogP contribution in [0.2, 0.25) is 0 Å². The molecule has 0 atom stereocenters. The van der Waals surface area contributed by atoms with Crippen LogP contribution in [-0.4, -0.2) is 7.18 Å². The molecule has 0 amide bonds. The monoisotopic (exact) mass is 268 g/mol. The number of alkyl halides is 1. The van der Waals surface area contributed by atoms with E-state index in [2.05, 4.69) is 0 Å². The van der Waals surface area contributed by atoms with Gasteiger partial charge in [-0.2, -0.15) is 0 Å². The van der Waals surface area contributed by atoms with E-state index in [9.17, 15) is 4.39 Å². The van der Waals surface area contributed by atoms with E-state index in [1.807, 2.05) is 60.7 Å². The van der Waals surface area contributed by atoms with Crippen LogP contribution in [0.3, 0.4) is 0 Å². The molecule has 0 spiro atoms. The summed E-state index contributed by atoms with van der Waals surface area (Å²) in [7, 11) is 0.500. The first-order chi connectivity index (χ1) is 8.45. The molecule has 0 fully saturated rings. The molecule has 17 heavy (non-hydrogen) atoms. The fourth-order valence-electron chi connectivity index (χ4n) is 1.05. The van der Waals surface area contributed by atoms with Gasteiger partial charge >= 0.3 is 0 Å². The molecule has 0 N–H and O–H groups in total. The second-order valence-corrected chi connectivity index (χ2v) is 4.68. The maximum absolute atomic E-state index is 9.50. The van der Waals surface area contributed by atoms with Crippen LogP contribution in [0.5, 0.6) is 0 Å². The second kappa shape index (κ2) is 9.10. The first-order valence-corrected chi connectivity index (χ1v) is 6.42. The molecule has 2 rings (SSSR count). The van der Waals surface area contributed by atoms with Crippen LogP contribution >= 0.6 is 24.1 Å². The lowest BCUT2D eigenvalue weighted by Crippen LogP contribution is -1.71. The first-order valence-electron chi connectivity index (χ1n) is 4.94. The van der Waals surface area contributed by atoms with E-state index in [1.165, 1.54) is 24.1 Å². The smallest absolute Gasteiger partial charge is 0.0785 e. The van der Waals surface area contributed by atoms with E-state index in [0.717, 1.165) is 9.79 Å². The molecular weight excluding hydrogens is 255 g/mol. The summed E-state index contributed by atoms with van der Waals surface area (Å²) in [5, 5.41) is 0. The van der Waals surface area contributed by atoms with Crippen LogP contribution in [0, 0.1) is 0 Å². The molecule has 90 valence electrons. The summed E-state index contributed by atoms with van der Waals surface area (Å²) in [6, 6.07) is 20.1. The molecule has 0 radical (unpaired) electrons. The molecule has 0 aliphatic heterocycles. The van der Waals surface area contributed by atoms with Gasteiger partial charge in [-0.05, 0) is 24.3 Å². The van der Waals surface area contributed by atoms with E-state index in [-0.39, 0.29) is 0 Å². The summed E-state index contributed by atoms with van der Waals surface area (Å²) in [5.74, 6) is 0. The third kappa shape index (κ3) is 5.77. The van der Waals surface area contributed by atoms with Gasteiger partial charge in [-0.3, -0.25) is 4.39 Å². The normalized spacial score (nSPS) is 9.29. The van der Waals surface area contributed by atoms with Gasteiger partial charge in [0.15, 0.2) is 0 Å². The Morgan fingerprint density at radius 1 is 0.706 bits per heavy atom. The number of halogens is 1. The fraction of sp³-hybridized carbons (Fsp3) is 0.0769. The number of benzene rings is 2. The Morgan fingerprint density at radius 3 is 1.41 bits per heavy atom. The highest BCUT2D eigenvalue weighted by Crippen LogP contribution is 2.28. The summed E-state index contributed by atoms with van der Waals surface area (Å²) in [6.45, 7) is 0. The molecule has 0 bridgehead atoms. The maximum atomic E-state index is 9.50. The highest BCUT2D eigenvalue weighted by molar-refractivity contribution is 8.07. The van der Waals surface area contributed by atoms with Crippen molar-refractivity contribution in [3.05, 3.63) is 60.7 Å². The van der Waals surface area contributed by atoms with Gasteiger partial charge in [-0.15, -0.1) is 0 Å². The Hall–Kier alpha value is -0.970. The third-order valence-electron chi connectivity index (χ3n) is 1.75. The maximum Gasteiger partial charge on any atom is 0.0785 e. The minimum atomic E-state index is 0.500. The number of hydrogen-bond acceptors (Lipinski definition) is 3. The van der Waals surface area contributed by atoms with Crippen LogP contribution in [0.4, 0.5) is 4.39 Å². The summed E-state index contributed by atoms with van der Waals surface area (Å²) in [6.07, 6.45) is 0. The van der Waals surface area contributed by atoms with Gasteiger partial charge in [-0.25, -0.2) is 3.63 Å². The quantitative estimate of drug-likeness (QED) is 0.722. The average molecular weight is 268 g/mol. The van der Waals surface area contributed by atoms with Gasteiger partial charge < -0.3 is 0 Å². The Morgan fingerprint density at radius 2 is 1.06 bits per heavy atom. The van der Waals surface area contributed by atoms with Gasteiger partial charge in [0.25, 0.3) is 0 Å². The average Bonchev–Trinajstić information content (AvgIpc) is 2.43. The van der Waals surface area contributed by atoms with Crippen LogP contribution < -0.4 is 0 Å². The zero-order valence-electron chi connectivity index (χ0n) is 9.38. The Bertz CT molecular complexity index is 355. The van der Waals surface area contributed by atoms with Crippen LogP contribution in [0.1, 0.15) is 0 Å². The summed E-state index contributed by atoms with van der Waals surface area (Å²) in [4.78, 5) is 2.22. The summed E-state index contributed by atoms with van der Waals surface area (Å²) in [5.41, 5.74) is 0. The highest BCUT2D eigenvalue weighted by Gasteiger charge is 1.95. The first kappa shape index (κ1) is 14.1. The fourth-order valence-corrected chi connectivity index (χ4v) is 2.35. The number of rotatable bonds is 4. The molecule has 1 nitrogen and oxygen atoms in total. The minimum absolute atomic E-state index is 0.500. The van der Waals surface area contributed by atoms with Gasteiger partial charge in [0.2, 0.25) is 0 Å². The van der Waals surface area contributed by atoms with Gasteiger partial charge in [0.1, 0.15) is 0 Å². The molecule has 0 aliphatic rings. The van der Waals surface area contributed by atoms with E-state index in [4.69, 9.17) is 3.63 Å². The molecule has 0 aliphatic carbocycles. The van der Waals surface area contributed by atoms with Crippen molar-refractivity contribution >= 4 is 24.1 Å². The van der Waals surface area contributed by atoms with Crippen molar-refractivity contribution < 1.29 is 8.02 Å². The van der Waals surface area contributed by atoms with Crippen LogP contribution in [0.15, 0.2) is 70.5 Å². The molecule has 0 saturated carbocycles. The van der Waals surface area contributed by atoms with Crippen molar-refractivity contribution in [1.82, 2.24) is 0 Å². The van der Waals surface area contributed by atoms with E-state index >= 15 is 0 Å². The third-order valence-corrected chi connectivity index (χ3v) is 3.22. The van der Waals surface area contributed by atoms with Gasteiger partial charge in [0.05, 0.1) is 7.18 Å². The van der Waals surface area contributed by atoms with E-state index in [1.54, 1.807) is 0 Å². The van der Waals surface area contributed by atoms with Crippen molar-refractivity contribution in [3.8, 4) is 0 Å². The molecule has 4 heteroatoms. The molecule has 0 aromatic heterocycles. The topological polar surface area (TPSA) is 9.23 Å². The highest BCUT2D eigenvalue weighted by atomic mass is 32.2. The van der Waals surface area contributed by atoms with Gasteiger partial charge in [0, 0.05) is 33.9 Å². The standard InChI is InChI=1S/C12H10OS2.CH3F/c1-3-7-11(8-4-1)14-13-15-12-9-5-2-6-10-12;1-2/h1-10H;1H3. The summed E-state index contributed by atoms with van der Waals surface area (Å²) >= 11 is 2.76. The van der Waals surface area contributed by atoms with Crippen molar-refractivity contribution in [1.29, 1.82) is 0 Å². The second-order valence-electron chi connectivity index (χ2n) is 2.86. The molecule has 2 aromatic rings. The molecule has 0 unspecified atom stereocenters. The Kier molecular flexibility index (Phi) is 7.54. The zero-order valence-corrected chi connectivity index (χ0v) is 11.0. The Balaban J connectivity index is 0.000000686. The lowest BCUT2D eigenvalue weighted by atomic mass is 10.4. The molecule has 2 aromatic carbocycles. The largest absolute Gasteiger partial charge is 0.255 e. The zero-order chi connectivity index (χ0) is 12.3. The van der Waals surface area contributed by atoms with Crippen LogP contribution in [-0.2, 0) is 3.63 Å². The van der Waals surface area contributed by atoms with Crippen LogP contribution in [0.25, 0.3) is 0 Å². The van der Waals surface area contributed by atoms with E-state index in [0.29, 0.717) is 7.18 Å². The van der Waals surface area contributed by atoms with Crippen molar-refractivity contribution in [2.24, 2.45) is 0 Å². The lowest BCUT2D eigenvalue weighted by Gasteiger charge is -2.00.